The first-order valence-electron chi connectivity index (χ1n) is 4.55. The molecule has 3 heteroatoms. The zero-order valence-electron chi connectivity index (χ0n) is 8.24. The van der Waals surface area contributed by atoms with Crippen molar-refractivity contribution in [3.8, 4) is 0 Å². The monoisotopic (exact) mass is 265 g/mol. The molecular weight excluding hydrogens is 254 g/mol. The molecule has 0 saturated heterocycles. The molecule has 0 fully saturated rings. The minimum atomic E-state index is -0.113. The van der Waals surface area contributed by atoms with Crippen molar-refractivity contribution in [2.75, 3.05) is 6.54 Å². The number of carbonyl (C=O) groups excluding carboxylic acids is 1. The maximum absolute atomic E-state index is 11.2. The molecule has 1 amide bonds. The molecule has 0 aliphatic heterocycles. The van der Waals surface area contributed by atoms with E-state index in [1.807, 2.05) is 24.3 Å². The molecule has 0 spiro atoms. The van der Waals surface area contributed by atoms with Gasteiger partial charge in [0, 0.05) is 17.1 Å². The first-order chi connectivity index (χ1) is 7.22. The molecule has 2 nitrogen and oxygen atoms in total. The van der Waals surface area contributed by atoms with Gasteiger partial charge in [-0.3, -0.25) is 4.79 Å². The molecule has 0 radical (unpaired) electrons. The minimum Gasteiger partial charge on any atom is -0.349 e. The number of benzene rings is 1. The minimum absolute atomic E-state index is 0.113. The number of halogens is 1. The number of carbonyl (C=O) groups is 1. The van der Waals surface area contributed by atoms with Gasteiger partial charge in [-0.2, -0.15) is 0 Å². The third kappa shape index (κ3) is 4.61. The van der Waals surface area contributed by atoms with Crippen LogP contribution in [0.4, 0.5) is 0 Å². The molecule has 0 aromatic heterocycles. The van der Waals surface area contributed by atoms with E-state index in [1.165, 1.54) is 6.08 Å². The standard InChI is InChI=1S/C12H12BrNO/c1-2-9-14-12(15)8-5-10-3-6-11(13)7-4-10/h2-8H,1,9H2,(H,14,15). The van der Waals surface area contributed by atoms with Crippen LogP contribution in [0.2, 0.25) is 0 Å². The average molecular weight is 266 g/mol. The summed E-state index contributed by atoms with van der Waals surface area (Å²) in [6.45, 7) is 4.01. The van der Waals surface area contributed by atoms with Gasteiger partial charge in [0.1, 0.15) is 0 Å². The van der Waals surface area contributed by atoms with E-state index in [0.29, 0.717) is 6.54 Å². The molecule has 1 aromatic rings. The Morgan fingerprint density at radius 1 is 1.40 bits per heavy atom. The molecule has 15 heavy (non-hydrogen) atoms. The molecule has 1 rings (SSSR count). The highest BCUT2D eigenvalue weighted by Crippen LogP contribution is 2.11. The number of amides is 1. The molecule has 0 saturated carbocycles. The fraction of sp³-hybridized carbons (Fsp3) is 0.0833. The zero-order valence-corrected chi connectivity index (χ0v) is 9.83. The van der Waals surface area contributed by atoms with Crippen molar-refractivity contribution >= 4 is 27.9 Å². The molecule has 0 atom stereocenters. The zero-order chi connectivity index (χ0) is 11.1. The van der Waals surface area contributed by atoms with Crippen LogP contribution in [0.1, 0.15) is 5.56 Å². The van der Waals surface area contributed by atoms with Gasteiger partial charge in [0.25, 0.3) is 0 Å². The van der Waals surface area contributed by atoms with Gasteiger partial charge in [0.05, 0.1) is 0 Å². The fourth-order valence-electron chi connectivity index (χ4n) is 0.977. The van der Waals surface area contributed by atoms with Crippen LogP contribution >= 0.6 is 15.9 Å². The molecular formula is C12H12BrNO. The Labute approximate surface area is 97.8 Å². The van der Waals surface area contributed by atoms with Gasteiger partial charge in [-0.1, -0.05) is 34.1 Å². The maximum Gasteiger partial charge on any atom is 0.244 e. The van der Waals surface area contributed by atoms with Crippen molar-refractivity contribution in [2.45, 2.75) is 0 Å². The number of hydrogen-bond donors (Lipinski definition) is 1. The highest BCUT2D eigenvalue weighted by molar-refractivity contribution is 9.10. The highest BCUT2D eigenvalue weighted by atomic mass is 79.9. The Morgan fingerprint density at radius 3 is 2.67 bits per heavy atom. The Hall–Kier alpha value is -1.35. The van der Waals surface area contributed by atoms with Crippen LogP contribution in [0.25, 0.3) is 6.08 Å². The summed E-state index contributed by atoms with van der Waals surface area (Å²) < 4.78 is 1.02. The summed E-state index contributed by atoms with van der Waals surface area (Å²) in [6.07, 6.45) is 4.92. The second-order valence-electron chi connectivity index (χ2n) is 2.92. The van der Waals surface area contributed by atoms with Crippen molar-refractivity contribution in [3.05, 3.63) is 53.0 Å². The van der Waals surface area contributed by atoms with E-state index in [1.54, 1.807) is 12.2 Å². The van der Waals surface area contributed by atoms with Gasteiger partial charge in [0.2, 0.25) is 5.91 Å². The summed E-state index contributed by atoms with van der Waals surface area (Å²) in [4.78, 5) is 11.2. The molecule has 0 bridgehead atoms. The number of rotatable bonds is 4. The first-order valence-corrected chi connectivity index (χ1v) is 5.34. The van der Waals surface area contributed by atoms with Crippen LogP contribution in [0.3, 0.4) is 0 Å². The lowest BCUT2D eigenvalue weighted by molar-refractivity contribution is -0.116. The van der Waals surface area contributed by atoms with E-state index in [4.69, 9.17) is 0 Å². The Bertz CT molecular complexity index is 368. The predicted molar refractivity (Wildman–Crippen MR) is 66.4 cm³/mol. The molecule has 0 aliphatic rings. The quantitative estimate of drug-likeness (QED) is 0.659. The lowest BCUT2D eigenvalue weighted by Crippen LogP contribution is -2.20. The van der Waals surface area contributed by atoms with Crippen LogP contribution in [0, 0.1) is 0 Å². The Morgan fingerprint density at radius 2 is 2.07 bits per heavy atom. The van der Waals surface area contributed by atoms with Crippen molar-refractivity contribution in [1.82, 2.24) is 5.32 Å². The Kier molecular flexibility index (Phi) is 4.84. The predicted octanol–water partition coefficient (Wildman–Crippen LogP) is 2.76. The van der Waals surface area contributed by atoms with Gasteiger partial charge in [-0.25, -0.2) is 0 Å². The van der Waals surface area contributed by atoms with Gasteiger partial charge in [-0.05, 0) is 23.8 Å². The number of nitrogens with one attached hydrogen (secondary N) is 1. The van der Waals surface area contributed by atoms with Gasteiger partial charge in [0.15, 0.2) is 0 Å². The third-order valence-corrected chi connectivity index (χ3v) is 2.25. The van der Waals surface area contributed by atoms with Crippen molar-refractivity contribution in [1.29, 1.82) is 0 Å². The van der Waals surface area contributed by atoms with Crippen LogP contribution < -0.4 is 5.32 Å². The van der Waals surface area contributed by atoms with Crippen LogP contribution in [0.15, 0.2) is 47.5 Å². The van der Waals surface area contributed by atoms with Crippen molar-refractivity contribution in [2.24, 2.45) is 0 Å². The van der Waals surface area contributed by atoms with Crippen molar-refractivity contribution < 1.29 is 4.79 Å². The summed E-state index contributed by atoms with van der Waals surface area (Å²) in [5.41, 5.74) is 0.993. The lowest BCUT2D eigenvalue weighted by Gasteiger charge is -1.96. The summed E-state index contributed by atoms with van der Waals surface area (Å²) in [6, 6.07) is 7.73. The molecule has 0 heterocycles. The molecule has 0 aliphatic carbocycles. The SMILES string of the molecule is C=CCNC(=O)C=Cc1ccc(Br)cc1. The van der Waals surface area contributed by atoms with E-state index >= 15 is 0 Å². The average Bonchev–Trinajstić information content (AvgIpc) is 2.25. The van der Waals surface area contributed by atoms with E-state index in [9.17, 15) is 4.79 Å². The van der Waals surface area contributed by atoms with Crippen LogP contribution in [0.5, 0.6) is 0 Å². The lowest BCUT2D eigenvalue weighted by atomic mass is 10.2. The third-order valence-electron chi connectivity index (χ3n) is 1.72. The summed E-state index contributed by atoms with van der Waals surface area (Å²) >= 11 is 3.35. The van der Waals surface area contributed by atoms with E-state index in [0.717, 1.165) is 10.0 Å². The van der Waals surface area contributed by atoms with Crippen LogP contribution in [-0.2, 0) is 4.79 Å². The fourth-order valence-corrected chi connectivity index (χ4v) is 1.24. The second-order valence-corrected chi connectivity index (χ2v) is 3.83. The largest absolute Gasteiger partial charge is 0.349 e. The smallest absolute Gasteiger partial charge is 0.244 e. The van der Waals surface area contributed by atoms with Gasteiger partial charge >= 0.3 is 0 Å². The Balaban J connectivity index is 2.53. The number of hydrogen-bond acceptors (Lipinski definition) is 1. The van der Waals surface area contributed by atoms with E-state index in [2.05, 4.69) is 27.8 Å². The topological polar surface area (TPSA) is 29.1 Å². The first kappa shape index (κ1) is 11.7. The van der Waals surface area contributed by atoms with E-state index in [-0.39, 0.29) is 5.91 Å². The molecule has 1 N–H and O–H groups in total. The van der Waals surface area contributed by atoms with Gasteiger partial charge < -0.3 is 5.32 Å². The molecule has 0 unspecified atom stereocenters. The maximum atomic E-state index is 11.2. The summed E-state index contributed by atoms with van der Waals surface area (Å²) in [5.74, 6) is -0.113. The summed E-state index contributed by atoms with van der Waals surface area (Å²) in [5, 5.41) is 2.66. The van der Waals surface area contributed by atoms with Crippen LogP contribution in [-0.4, -0.2) is 12.5 Å². The normalized spacial score (nSPS) is 10.2. The van der Waals surface area contributed by atoms with Crippen molar-refractivity contribution in [3.63, 3.8) is 0 Å². The van der Waals surface area contributed by atoms with E-state index < -0.39 is 0 Å². The molecule has 1 aromatic carbocycles. The highest BCUT2D eigenvalue weighted by Gasteiger charge is 1.92. The van der Waals surface area contributed by atoms with Gasteiger partial charge in [-0.15, -0.1) is 6.58 Å². The molecule has 78 valence electrons. The second kappa shape index (κ2) is 6.19. The summed E-state index contributed by atoms with van der Waals surface area (Å²) in [7, 11) is 0.